The van der Waals surface area contributed by atoms with Crippen LogP contribution in [0, 0.1) is 6.92 Å². The summed E-state index contributed by atoms with van der Waals surface area (Å²) in [6.45, 7) is 2.06. The van der Waals surface area contributed by atoms with Crippen LogP contribution in [-0.4, -0.2) is 5.11 Å². The van der Waals surface area contributed by atoms with Crippen LogP contribution in [0.5, 0.6) is 0 Å². The molecule has 0 amide bonds. The molecule has 0 aliphatic heterocycles. The molecule has 3 rings (SSSR count). The van der Waals surface area contributed by atoms with Crippen LogP contribution in [0.4, 0.5) is 0 Å². The van der Waals surface area contributed by atoms with Gasteiger partial charge in [-0.3, -0.25) is 0 Å². The number of hydrogen-bond donors (Lipinski definition) is 1. The first kappa shape index (κ1) is 12.9. The molecule has 3 aromatic rings. The average molecular weight is 262 g/mol. The van der Waals surface area contributed by atoms with Crippen molar-refractivity contribution in [2.75, 3.05) is 0 Å². The van der Waals surface area contributed by atoms with Crippen molar-refractivity contribution < 1.29 is 5.11 Å². The fraction of sp³-hybridized carbons (Fsp3) is 0.158. The Morgan fingerprint density at radius 3 is 2.30 bits per heavy atom. The van der Waals surface area contributed by atoms with Crippen molar-refractivity contribution in [1.82, 2.24) is 0 Å². The third-order valence-electron chi connectivity index (χ3n) is 3.71. The molecule has 0 aromatic heterocycles. The molecule has 0 aliphatic carbocycles. The Labute approximate surface area is 119 Å². The number of benzene rings is 3. The maximum absolute atomic E-state index is 10.3. The van der Waals surface area contributed by atoms with Crippen LogP contribution in [0.25, 0.3) is 10.8 Å². The molecule has 1 nitrogen and oxygen atoms in total. The Kier molecular flexibility index (Phi) is 3.53. The zero-order valence-corrected chi connectivity index (χ0v) is 11.6. The minimum absolute atomic E-state index is 0.447. The van der Waals surface area contributed by atoms with Gasteiger partial charge in [0.15, 0.2) is 0 Å². The van der Waals surface area contributed by atoms with Gasteiger partial charge in [0.05, 0.1) is 6.10 Å². The van der Waals surface area contributed by atoms with Crippen molar-refractivity contribution in [2.24, 2.45) is 0 Å². The lowest BCUT2D eigenvalue weighted by Crippen LogP contribution is -2.01. The van der Waals surface area contributed by atoms with E-state index >= 15 is 0 Å². The van der Waals surface area contributed by atoms with E-state index in [0.29, 0.717) is 6.42 Å². The fourth-order valence-corrected chi connectivity index (χ4v) is 2.50. The van der Waals surface area contributed by atoms with Gasteiger partial charge in [-0.25, -0.2) is 0 Å². The number of hydrogen-bond acceptors (Lipinski definition) is 1. The molecule has 0 spiro atoms. The van der Waals surface area contributed by atoms with E-state index in [2.05, 4.69) is 37.3 Å². The van der Waals surface area contributed by atoms with Crippen LogP contribution in [0.15, 0.2) is 66.7 Å². The fourth-order valence-electron chi connectivity index (χ4n) is 2.50. The second kappa shape index (κ2) is 5.48. The highest BCUT2D eigenvalue weighted by molar-refractivity contribution is 5.83. The standard InChI is InChI=1S/C19H18O/c1-14-6-9-17(10-7-14)19(20)13-15-8-11-16-4-2-3-5-18(16)12-15/h2-12,19-20H,13H2,1H3. The highest BCUT2D eigenvalue weighted by Crippen LogP contribution is 2.22. The van der Waals surface area contributed by atoms with Gasteiger partial charge in [0.2, 0.25) is 0 Å². The van der Waals surface area contributed by atoms with Crippen LogP contribution in [0.3, 0.4) is 0 Å². The molecule has 20 heavy (non-hydrogen) atoms. The van der Waals surface area contributed by atoms with E-state index in [1.54, 1.807) is 0 Å². The Hall–Kier alpha value is -2.12. The van der Waals surface area contributed by atoms with Crippen molar-refractivity contribution in [3.63, 3.8) is 0 Å². The van der Waals surface area contributed by atoms with Gasteiger partial charge in [-0.1, -0.05) is 72.3 Å². The first-order valence-corrected chi connectivity index (χ1v) is 6.95. The summed E-state index contributed by atoms with van der Waals surface area (Å²) in [5.41, 5.74) is 3.35. The van der Waals surface area contributed by atoms with E-state index in [9.17, 15) is 5.11 Å². The highest BCUT2D eigenvalue weighted by Gasteiger charge is 2.08. The number of rotatable bonds is 3. The smallest absolute Gasteiger partial charge is 0.0830 e. The molecular weight excluding hydrogens is 244 g/mol. The molecule has 0 saturated heterocycles. The van der Waals surface area contributed by atoms with Gasteiger partial charge in [-0.05, 0) is 28.8 Å². The zero-order chi connectivity index (χ0) is 13.9. The molecule has 3 aromatic carbocycles. The summed E-state index contributed by atoms with van der Waals surface area (Å²) >= 11 is 0. The molecule has 100 valence electrons. The van der Waals surface area contributed by atoms with Gasteiger partial charge in [-0.2, -0.15) is 0 Å². The van der Waals surface area contributed by atoms with Crippen LogP contribution < -0.4 is 0 Å². The van der Waals surface area contributed by atoms with Gasteiger partial charge in [0, 0.05) is 6.42 Å². The zero-order valence-electron chi connectivity index (χ0n) is 11.6. The van der Waals surface area contributed by atoms with Crippen molar-refractivity contribution in [3.8, 4) is 0 Å². The Balaban J connectivity index is 1.83. The van der Waals surface area contributed by atoms with Gasteiger partial charge in [0.25, 0.3) is 0 Å². The monoisotopic (exact) mass is 262 g/mol. The second-order valence-electron chi connectivity index (χ2n) is 5.31. The normalized spacial score (nSPS) is 12.5. The Morgan fingerprint density at radius 2 is 1.55 bits per heavy atom. The van der Waals surface area contributed by atoms with E-state index in [4.69, 9.17) is 0 Å². The van der Waals surface area contributed by atoms with Crippen molar-refractivity contribution in [2.45, 2.75) is 19.4 Å². The molecular formula is C19H18O. The number of aryl methyl sites for hydroxylation is 1. The summed E-state index contributed by atoms with van der Waals surface area (Å²) in [4.78, 5) is 0. The van der Waals surface area contributed by atoms with Crippen molar-refractivity contribution in [1.29, 1.82) is 0 Å². The van der Waals surface area contributed by atoms with Gasteiger partial charge in [0.1, 0.15) is 0 Å². The lowest BCUT2D eigenvalue weighted by Gasteiger charge is -2.12. The molecule has 0 saturated carbocycles. The molecule has 0 fully saturated rings. The SMILES string of the molecule is Cc1ccc(C(O)Cc2ccc3ccccc3c2)cc1. The predicted octanol–water partition coefficient (Wildman–Crippen LogP) is 4.42. The van der Waals surface area contributed by atoms with Crippen LogP contribution in [0.2, 0.25) is 0 Å². The average Bonchev–Trinajstić information content (AvgIpc) is 2.48. The van der Waals surface area contributed by atoms with Crippen LogP contribution in [-0.2, 0) is 6.42 Å². The summed E-state index contributed by atoms with van der Waals surface area (Å²) in [6, 6.07) is 22.8. The predicted molar refractivity (Wildman–Crippen MR) is 83.8 cm³/mol. The van der Waals surface area contributed by atoms with E-state index < -0.39 is 6.10 Å². The Bertz CT molecular complexity index is 713. The summed E-state index contributed by atoms with van der Waals surface area (Å²) in [5, 5.41) is 12.8. The van der Waals surface area contributed by atoms with E-state index in [1.807, 2.05) is 36.4 Å². The third kappa shape index (κ3) is 2.73. The minimum atomic E-state index is -0.447. The summed E-state index contributed by atoms with van der Waals surface area (Å²) in [7, 11) is 0. The van der Waals surface area contributed by atoms with E-state index in [-0.39, 0.29) is 0 Å². The number of fused-ring (bicyclic) bond motifs is 1. The molecule has 0 bridgehead atoms. The molecule has 0 heterocycles. The van der Waals surface area contributed by atoms with Gasteiger partial charge < -0.3 is 5.11 Å². The molecule has 1 N–H and O–H groups in total. The number of aliphatic hydroxyl groups excluding tert-OH is 1. The third-order valence-corrected chi connectivity index (χ3v) is 3.71. The summed E-state index contributed by atoms with van der Waals surface area (Å²) < 4.78 is 0. The quantitative estimate of drug-likeness (QED) is 0.740. The van der Waals surface area contributed by atoms with Crippen LogP contribution >= 0.6 is 0 Å². The maximum Gasteiger partial charge on any atom is 0.0830 e. The molecule has 1 unspecified atom stereocenters. The largest absolute Gasteiger partial charge is 0.388 e. The topological polar surface area (TPSA) is 20.2 Å². The Morgan fingerprint density at radius 1 is 0.850 bits per heavy atom. The lowest BCUT2D eigenvalue weighted by molar-refractivity contribution is 0.178. The first-order chi connectivity index (χ1) is 9.72. The first-order valence-electron chi connectivity index (χ1n) is 6.95. The molecule has 1 heteroatoms. The summed E-state index contributed by atoms with van der Waals surface area (Å²) in [6.07, 6.45) is 0.199. The maximum atomic E-state index is 10.3. The van der Waals surface area contributed by atoms with E-state index in [0.717, 1.165) is 11.1 Å². The summed E-state index contributed by atoms with van der Waals surface area (Å²) in [5.74, 6) is 0. The van der Waals surface area contributed by atoms with Gasteiger partial charge >= 0.3 is 0 Å². The molecule has 1 atom stereocenters. The molecule has 0 radical (unpaired) electrons. The minimum Gasteiger partial charge on any atom is -0.388 e. The highest BCUT2D eigenvalue weighted by atomic mass is 16.3. The number of aliphatic hydroxyl groups is 1. The second-order valence-corrected chi connectivity index (χ2v) is 5.31. The van der Waals surface area contributed by atoms with Gasteiger partial charge in [-0.15, -0.1) is 0 Å². The van der Waals surface area contributed by atoms with Crippen molar-refractivity contribution in [3.05, 3.63) is 83.4 Å². The van der Waals surface area contributed by atoms with E-state index in [1.165, 1.54) is 16.3 Å². The van der Waals surface area contributed by atoms with Crippen LogP contribution in [0.1, 0.15) is 22.8 Å². The molecule has 0 aliphatic rings. The van der Waals surface area contributed by atoms with Crippen molar-refractivity contribution >= 4 is 10.8 Å². The lowest BCUT2D eigenvalue weighted by atomic mass is 9.98.